The summed E-state index contributed by atoms with van der Waals surface area (Å²) in [6, 6.07) is 0. The number of piperidine rings is 1. The van der Waals surface area contributed by atoms with Gasteiger partial charge in [-0.2, -0.15) is 0 Å². The molecule has 0 N–H and O–H groups in total. The van der Waals surface area contributed by atoms with Gasteiger partial charge in [-0.15, -0.1) is 0 Å². The van der Waals surface area contributed by atoms with Gasteiger partial charge >= 0.3 is 12.1 Å². The molecule has 1 heterocycles. The Labute approximate surface area is 121 Å². The molecule has 1 fully saturated rings. The fourth-order valence-corrected chi connectivity index (χ4v) is 2.10. The van der Waals surface area contributed by atoms with Crippen LogP contribution in [0.25, 0.3) is 0 Å². The first kappa shape index (κ1) is 16.8. The van der Waals surface area contributed by atoms with Crippen LogP contribution in [0.4, 0.5) is 4.79 Å². The van der Waals surface area contributed by atoms with Crippen molar-refractivity contribution >= 4 is 12.1 Å². The van der Waals surface area contributed by atoms with Crippen LogP contribution in [0.3, 0.4) is 0 Å². The lowest BCUT2D eigenvalue weighted by atomic mass is 9.98. The van der Waals surface area contributed by atoms with Crippen molar-refractivity contribution in [3.63, 3.8) is 0 Å². The van der Waals surface area contributed by atoms with E-state index in [1.165, 1.54) is 0 Å². The maximum absolute atomic E-state index is 12.0. The van der Waals surface area contributed by atoms with E-state index in [9.17, 15) is 9.59 Å². The van der Waals surface area contributed by atoms with Gasteiger partial charge in [-0.05, 0) is 40.0 Å². The molecule has 0 spiro atoms. The van der Waals surface area contributed by atoms with E-state index in [1.54, 1.807) is 4.90 Å². The van der Waals surface area contributed by atoms with Crippen LogP contribution in [0.15, 0.2) is 0 Å². The molecule has 5 heteroatoms. The fourth-order valence-electron chi connectivity index (χ4n) is 2.10. The quantitative estimate of drug-likeness (QED) is 0.588. The van der Waals surface area contributed by atoms with Gasteiger partial charge in [0, 0.05) is 13.1 Å². The zero-order chi connectivity index (χ0) is 15.2. The Morgan fingerprint density at radius 2 is 2.00 bits per heavy atom. The minimum Gasteiger partial charge on any atom is -0.465 e. The van der Waals surface area contributed by atoms with E-state index in [0.29, 0.717) is 19.7 Å². The molecule has 1 atom stereocenters. The summed E-state index contributed by atoms with van der Waals surface area (Å²) in [5, 5.41) is 0. The summed E-state index contributed by atoms with van der Waals surface area (Å²) in [7, 11) is 0. The maximum atomic E-state index is 12.0. The normalized spacial score (nSPS) is 19.6. The highest BCUT2D eigenvalue weighted by Gasteiger charge is 2.31. The van der Waals surface area contributed by atoms with Gasteiger partial charge < -0.3 is 14.4 Å². The smallest absolute Gasteiger partial charge is 0.410 e. The Hall–Kier alpha value is -1.26. The molecule has 1 aliphatic heterocycles. The topological polar surface area (TPSA) is 55.8 Å². The lowest BCUT2D eigenvalue weighted by Gasteiger charge is -2.33. The van der Waals surface area contributed by atoms with E-state index in [0.717, 1.165) is 25.7 Å². The Morgan fingerprint density at radius 3 is 2.60 bits per heavy atom. The van der Waals surface area contributed by atoms with Gasteiger partial charge in [-0.1, -0.05) is 13.3 Å². The second kappa shape index (κ2) is 7.50. The van der Waals surface area contributed by atoms with Crippen LogP contribution >= 0.6 is 0 Å². The highest BCUT2D eigenvalue weighted by Crippen LogP contribution is 2.20. The van der Waals surface area contributed by atoms with Gasteiger partial charge in [0.2, 0.25) is 0 Å². The maximum Gasteiger partial charge on any atom is 0.410 e. The van der Waals surface area contributed by atoms with Crippen LogP contribution in [0.2, 0.25) is 0 Å². The number of likely N-dealkylation sites (tertiary alicyclic amines) is 1. The SMILES string of the molecule is CCCCOC(=O)C1CCCN(C(=O)OC(C)(C)C)C1. The first-order valence-corrected chi connectivity index (χ1v) is 7.48. The molecule has 20 heavy (non-hydrogen) atoms. The molecule has 116 valence electrons. The molecule has 1 amide bonds. The van der Waals surface area contributed by atoms with Crippen LogP contribution in [0.5, 0.6) is 0 Å². The van der Waals surface area contributed by atoms with Crippen LogP contribution in [-0.2, 0) is 14.3 Å². The van der Waals surface area contributed by atoms with Crippen molar-refractivity contribution in [1.29, 1.82) is 0 Å². The van der Waals surface area contributed by atoms with Crippen molar-refractivity contribution < 1.29 is 19.1 Å². The highest BCUT2D eigenvalue weighted by molar-refractivity contribution is 5.75. The number of carbonyl (C=O) groups is 2. The zero-order valence-corrected chi connectivity index (χ0v) is 13.1. The highest BCUT2D eigenvalue weighted by atomic mass is 16.6. The Balaban J connectivity index is 2.45. The van der Waals surface area contributed by atoms with E-state index >= 15 is 0 Å². The van der Waals surface area contributed by atoms with Crippen molar-refractivity contribution in [3.8, 4) is 0 Å². The largest absolute Gasteiger partial charge is 0.465 e. The first-order valence-electron chi connectivity index (χ1n) is 7.48. The lowest BCUT2D eigenvalue weighted by Crippen LogP contribution is -2.45. The van der Waals surface area contributed by atoms with Gasteiger partial charge in [0.05, 0.1) is 12.5 Å². The van der Waals surface area contributed by atoms with Crippen LogP contribution in [-0.4, -0.2) is 42.3 Å². The molecular weight excluding hydrogens is 258 g/mol. The lowest BCUT2D eigenvalue weighted by molar-refractivity contribution is -0.150. The number of ether oxygens (including phenoxy) is 2. The average molecular weight is 285 g/mol. The fraction of sp³-hybridized carbons (Fsp3) is 0.867. The van der Waals surface area contributed by atoms with E-state index in [-0.39, 0.29) is 18.0 Å². The van der Waals surface area contributed by atoms with Crippen LogP contribution in [0, 0.1) is 5.92 Å². The van der Waals surface area contributed by atoms with Gasteiger partial charge in [-0.3, -0.25) is 4.79 Å². The summed E-state index contributed by atoms with van der Waals surface area (Å²) >= 11 is 0. The first-order chi connectivity index (χ1) is 9.33. The Bertz CT molecular complexity index is 335. The molecule has 1 rings (SSSR count). The third-order valence-electron chi connectivity index (χ3n) is 3.15. The second-order valence-electron chi connectivity index (χ2n) is 6.29. The summed E-state index contributed by atoms with van der Waals surface area (Å²) in [5.41, 5.74) is -0.508. The standard InChI is InChI=1S/C15H27NO4/c1-5-6-10-19-13(17)12-8-7-9-16(11-12)14(18)20-15(2,3)4/h12H,5-11H2,1-4H3. The number of hydrogen-bond donors (Lipinski definition) is 0. The van der Waals surface area contributed by atoms with E-state index in [4.69, 9.17) is 9.47 Å². The van der Waals surface area contributed by atoms with Crippen molar-refractivity contribution in [2.24, 2.45) is 5.92 Å². The molecule has 0 saturated carbocycles. The van der Waals surface area contributed by atoms with Crippen LogP contribution in [0.1, 0.15) is 53.4 Å². The number of carbonyl (C=O) groups excluding carboxylic acids is 2. The van der Waals surface area contributed by atoms with Gasteiger partial charge in [0.1, 0.15) is 5.60 Å². The van der Waals surface area contributed by atoms with Gasteiger partial charge in [0.25, 0.3) is 0 Å². The molecule has 0 aromatic carbocycles. The summed E-state index contributed by atoms with van der Waals surface area (Å²) < 4.78 is 10.6. The molecule has 0 aromatic heterocycles. The van der Waals surface area contributed by atoms with E-state index in [2.05, 4.69) is 6.92 Å². The number of amides is 1. The molecular formula is C15H27NO4. The molecule has 0 aromatic rings. The molecule has 0 radical (unpaired) electrons. The van der Waals surface area contributed by atoms with E-state index in [1.807, 2.05) is 20.8 Å². The average Bonchev–Trinajstić information content (AvgIpc) is 2.37. The number of esters is 1. The molecule has 5 nitrogen and oxygen atoms in total. The minimum atomic E-state index is -0.508. The van der Waals surface area contributed by atoms with Crippen molar-refractivity contribution in [2.75, 3.05) is 19.7 Å². The molecule has 1 saturated heterocycles. The Kier molecular flexibility index (Phi) is 6.30. The predicted octanol–water partition coefficient (Wildman–Crippen LogP) is 2.98. The number of rotatable bonds is 4. The third kappa shape index (κ3) is 5.80. The number of nitrogens with zero attached hydrogens (tertiary/aromatic N) is 1. The number of unbranched alkanes of at least 4 members (excludes halogenated alkanes) is 1. The third-order valence-corrected chi connectivity index (χ3v) is 3.15. The zero-order valence-electron chi connectivity index (χ0n) is 13.1. The second-order valence-corrected chi connectivity index (χ2v) is 6.29. The molecule has 0 aliphatic carbocycles. The van der Waals surface area contributed by atoms with Crippen LogP contribution < -0.4 is 0 Å². The number of hydrogen-bond acceptors (Lipinski definition) is 4. The minimum absolute atomic E-state index is 0.188. The van der Waals surface area contributed by atoms with E-state index < -0.39 is 5.60 Å². The Morgan fingerprint density at radius 1 is 1.30 bits per heavy atom. The molecule has 1 unspecified atom stereocenters. The van der Waals surface area contributed by atoms with Crippen molar-refractivity contribution in [1.82, 2.24) is 4.90 Å². The van der Waals surface area contributed by atoms with Gasteiger partial charge in [-0.25, -0.2) is 4.79 Å². The van der Waals surface area contributed by atoms with Crippen molar-refractivity contribution in [2.45, 2.75) is 59.0 Å². The monoisotopic (exact) mass is 285 g/mol. The van der Waals surface area contributed by atoms with Gasteiger partial charge in [0.15, 0.2) is 0 Å². The predicted molar refractivity (Wildman–Crippen MR) is 76.4 cm³/mol. The summed E-state index contributed by atoms with van der Waals surface area (Å²) in [5.74, 6) is -0.403. The summed E-state index contributed by atoms with van der Waals surface area (Å²) in [6.45, 7) is 9.09. The summed E-state index contributed by atoms with van der Waals surface area (Å²) in [4.78, 5) is 25.5. The molecule has 0 bridgehead atoms. The van der Waals surface area contributed by atoms with Crippen molar-refractivity contribution in [3.05, 3.63) is 0 Å². The summed E-state index contributed by atoms with van der Waals surface area (Å²) in [6.07, 6.45) is 3.14. The molecule has 1 aliphatic rings.